The highest BCUT2D eigenvalue weighted by atomic mass is 15.1. The SMILES string of the molecule is C=Cc1c(N(CCC)c2ccc(C)cc2)ccc(C(=C)N2CCCCC2)c1C. The van der Waals surface area contributed by atoms with Crippen molar-refractivity contribution >= 4 is 23.1 Å². The van der Waals surface area contributed by atoms with Gasteiger partial charge in [0.2, 0.25) is 0 Å². The first-order valence-electron chi connectivity index (χ1n) is 10.6. The zero-order chi connectivity index (χ0) is 20.1. The molecule has 1 aliphatic rings. The van der Waals surface area contributed by atoms with Crippen LogP contribution < -0.4 is 4.90 Å². The van der Waals surface area contributed by atoms with E-state index >= 15 is 0 Å². The summed E-state index contributed by atoms with van der Waals surface area (Å²) < 4.78 is 0. The lowest BCUT2D eigenvalue weighted by molar-refractivity contribution is 0.326. The summed E-state index contributed by atoms with van der Waals surface area (Å²) in [5, 5.41) is 0. The zero-order valence-electron chi connectivity index (χ0n) is 17.8. The molecule has 2 heteroatoms. The van der Waals surface area contributed by atoms with Crippen molar-refractivity contribution in [1.82, 2.24) is 4.90 Å². The third kappa shape index (κ3) is 4.16. The average Bonchev–Trinajstić information content (AvgIpc) is 2.73. The number of piperidine rings is 1. The summed E-state index contributed by atoms with van der Waals surface area (Å²) in [6.45, 7) is 18.4. The van der Waals surface area contributed by atoms with Crippen LogP contribution in [0.25, 0.3) is 11.8 Å². The maximum absolute atomic E-state index is 4.44. The molecule has 148 valence electrons. The predicted molar refractivity (Wildman–Crippen MR) is 124 cm³/mol. The molecule has 1 fully saturated rings. The van der Waals surface area contributed by atoms with Crippen molar-refractivity contribution in [3.8, 4) is 0 Å². The monoisotopic (exact) mass is 374 g/mol. The number of rotatable bonds is 7. The van der Waals surface area contributed by atoms with Crippen molar-refractivity contribution in [3.63, 3.8) is 0 Å². The summed E-state index contributed by atoms with van der Waals surface area (Å²) in [5.74, 6) is 0. The van der Waals surface area contributed by atoms with Crippen LogP contribution in [0.4, 0.5) is 11.4 Å². The molecule has 28 heavy (non-hydrogen) atoms. The lowest BCUT2D eigenvalue weighted by Crippen LogP contribution is -2.28. The van der Waals surface area contributed by atoms with Crippen LogP contribution in [-0.2, 0) is 0 Å². The Labute approximate surface area is 171 Å². The largest absolute Gasteiger partial charge is 0.372 e. The molecule has 2 aromatic carbocycles. The molecule has 1 aliphatic heterocycles. The van der Waals surface area contributed by atoms with Gasteiger partial charge < -0.3 is 9.80 Å². The topological polar surface area (TPSA) is 6.48 Å². The molecule has 0 amide bonds. The Kier molecular flexibility index (Phi) is 6.61. The molecular weight excluding hydrogens is 340 g/mol. The van der Waals surface area contributed by atoms with Gasteiger partial charge in [-0.2, -0.15) is 0 Å². The lowest BCUT2D eigenvalue weighted by atomic mass is 9.96. The van der Waals surface area contributed by atoms with Gasteiger partial charge in [-0.3, -0.25) is 0 Å². The van der Waals surface area contributed by atoms with Gasteiger partial charge in [0.1, 0.15) is 0 Å². The van der Waals surface area contributed by atoms with E-state index in [1.165, 1.54) is 52.9 Å². The minimum atomic E-state index is 0.982. The maximum Gasteiger partial charge on any atom is 0.0487 e. The van der Waals surface area contributed by atoms with Crippen LogP contribution in [0.2, 0.25) is 0 Å². The van der Waals surface area contributed by atoms with Crippen molar-refractivity contribution in [1.29, 1.82) is 0 Å². The maximum atomic E-state index is 4.44. The van der Waals surface area contributed by atoms with E-state index in [1.807, 2.05) is 6.08 Å². The summed E-state index contributed by atoms with van der Waals surface area (Å²) in [7, 11) is 0. The molecule has 0 N–H and O–H groups in total. The molecule has 0 spiro atoms. The first-order valence-corrected chi connectivity index (χ1v) is 10.6. The smallest absolute Gasteiger partial charge is 0.0487 e. The highest BCUT2D eigenvalue weighted by molar-refractivity contribution is 5.80. The Morgan fingerprint density at radius 1 is 1.04 bits per heavy atom. The fraction of sp³-hybridized carbons (Fsp3) is 0.385. The van der Waals surface area contributed by atoms with Crippen molar-refractivity contribution in [2.75, 3.05) is 24.5 Å². The molecular formula is C26H34N2. The number of aryl methyl sites for hydroxylation is 1. The van der Waals surface area contributed by atoms with Gasteiger partial charge in [0, 0.05) is 47.8 Å². The summed E-state index contributed by atoms with van der Waals surface area (Å²) >= 11 is 0. The van der Waals surface area contributed by atoms with Crippen LogP contribution in [0.1, 0.15) is 54.9 Å². The lowest BCUT2D eigenvalue weighted by Gasteiger charge is -2.33. The fourth-order valence-corrected chi connectivity index (χ4v) is 4.19. The molecule has 1 saturated heterocycles. The molecule has 0 radical (unpaired) electrons. The second-order valence-corrected chi connectivity index (χ2v) is 7.86. The summed E-state index contributed by atoms with van der Waals surface area (Å²) in [6, 6.07) is 13.3. The third-order valence-electron chi connectivity index (χ3n) is 5.83. The molecule has 0 aliphatic carbocycles. The van der Waals surface area contributed by atoms with E-state index in [-0.39, 0.29) is 0 Å². The minimum absolute atomic E-state index is 0.982. The third-order valence-corrected chi connectivity index (χ3v) is 5.83. The Morgan fingerprint density at radius 2 is 1.71 bits per heavy atom. The number of benzene rings is 2. The van der Waals surface area contributed by atoms with Crippen molar-refractivity contribution in [3.05, 3.63) is 71.8 Å². The molecule has 0 unspecified atom stereocenters. The minimum Gasteiger partial charge on any atom is -0.372 e. The molecule has 0 atom stereocenters. The van der Waals surface area contributed by atoms with Gasteiger partial charge in [0.15, 0.2) is 0 Å². The van der Waals surface area contributed by atoms with Crippen molar-refractivity contribution < 1.29 is 0 Å². The molecule has 0 aromatic heterocycles. The Balaban J connectivity index is 2.00. The molecule has 0 saturated carbocycles. The van der Waals surface area contributed by atoms with Crippen LogP contribution in [0, 0.1) is 13.8 Å². The highest BCUT2D eigenvalue weighted by Crippen LogP contribution is 2.36. The van der Waals surface area contributed by atoms with Crippen LogP contribution in [0.15, 0.2) is 49.6 Å². The number of hydrogen-bond acceptors (Lipinski definition) is 2. The Bertz CT molecular complexity index is 826. The zero-order valence-corrected chi connectivity index (χ0v) is 17.8. The van der Waals surface area contributed by atoms with Crippen LogP contribution in [0.3, 0.4) is 0 Å². The van der Waals surface area contributed by atoms with E-state index in [9.17, 15) is 0 Å². The van der Waals surface area contributed by atoms with Gasteiger partial charge in [0.25, 0.3) is 0 Å². The van der Waals surface area contributed by atoms with E-state index in [2.05, 4.69) is 80.1 Å². The van der Waals surface area contributed by atoms with E-state index in [0.29, 0.717) is 0 Å². The average molecular weight is 375 g/mol. The molecule has 2 aromatic rings. The van der Waals surface area contributed by atoms with E-state index in [1.54, 1.807) is 0 Å². The second-order valence-electron chi connectivity index (χ2n) is 7.86. The molecule has 3 rings (SSSR count). The second kappa shape index (κ2) is 9.14. The highest BCUT2D eigenvalue weighted by Gasteiger charge is 2.19. The summed E-state index contributed by atoms with van der Waals surface area (Å²) in [4.78, 5) is 4.86. The van der Waals surface area contributed by atoms with Crippen molar-refractivity contribution in [2.24, 2.45) is 0 Å². The number of hydrogen-bond donors (Lipinski definition) is 0. The molecule has 2 nitrogen and oxygen atoms in total. The van der Waals surface area contributed by atoms with Crippen LogP contribution in [0.5, 0.6) is 0 Å². The predicted octanol–water partition coefficient (Wildman–Crippen LogP) is 6.95. The first kappa shape index (κ1) is 20.3. The number of anilines is 2. The van der Waals surface area contributed by atoms with Gasteiger partial charge in [-0.25, -0.2) is 0 Å². The van der Waals surface area contributed by atoms with E-state index < -0.39 is 0 Å². The summed E-state index contributed by atoms with van der Waals surface area (Å²) in [6.07, 6.45) is 6.96. The quantitative estimate of drug-likeness (QED) is 0.517. The van der Waals surface area contributed by atoms with E-state index in [0.717, 1.165) is 31.8 Å². The number of nitrogens with zero attached hydrogens (tertiary/aromatic N) is 2. The molecule has 1 heterocycles. The standard InChI is InChI=1S/C26H34N2/c1-6-17-28(23-13-11-20(3)12-14-23)26-16-15-25(21(4)24(26)7-2)22(5)27-18-9-8-10-19-27/h7,11-16H,2,5-6,8-10,17-19H2,1,3-4H3. The molecule has 0 bridgehead atoms. The van der Waals surface area contributed by atoms with Gasteiger partial charge in [-0.1, -0.05) is 49.9 Å². The van der Waals surface area contributed by atoms with Gasteiger partial charge in [0.05, 0.1) is 0 Å². The first-order chi connectivity index (χ1) is 13.6. The Hall–Kier alpha value is -2.48. The van der Waals surface area contributed by atoms with E-state index in [4.69, 9.17) is 0 Å². The fourth-order valence-electron chi connectivity index (χ4n) is 4.19. The van der Waals surface area contributed by atoms with Gasteiger partial charge in [-0.05, 0) is 63.3 Å². The number of likely N-dealkylation sites (tertiary alicyclic amines) is 1. The normalized spacial score (nSPS) is 14.0. The van der Waals surface area contributed by atoms with Gasteiger partial charge >= 0.3 is 0 Å². The van der Waals surface area contributed by atoms with Crippen LogP contribution >= 0.6 is 0 Å². The summed E-state index contributed by atoms with van der Waals surface area (Å²) in [5.41, 5.74) is 8.64. The van der Waals surface area contributed by atoms with Crippen molar-refractivity contribution in [2.45, 2.75) is 46.5 Å². The van der Waals surface area contributed by atoms with Gasteiger partial charge in [-0.15, -0.1) is 0 Å². The van der Waals surface area contributed by atoms with Crippen LogP contribution in [-0.4, -0.2) is 24.5 Å². The Morgan fingerprint density at radius 3 is 2.32 bits per heavy atom.